The molecule has 0 saturated heterocycles. The van der Waals surface area contributed by atoms with Crippen molar-refractivity contribution in [2.24, 2.45) is 5.73 Å². The fourth-order valence-electron chi connectivity index (χ4n) is 1.65. The predicted octanol–water partition coefficient (Wildman–Crippen LogP) is 0.471. The van der Waals surface area contributed by atoms with E-state index in [1.54, 1.807) is 0 Å². The van der Waals surface area contributed by atoms with Crippen LogP contribution in [0.15, 0.2) is 0 Å². The van der Waals surface area contributed by atoms with Gasteiger partial charge in [0.05, 0.1) is 85.9 Å². The normalized spacial score (nSPS) is 11.3. The molecule has 0 aliphatic heterocycles. The summed E-state index contributed by atoms with van der Waals surface area (Å²) in [5.74, 6) is 0. The van der Waals surface area contributed by atoms with Crippen LogP contribution in [0.3, 0.4) is 0 Å². The zero-order valence-corrected chi connectivity index (χ0v) is 15.7. The molecule has 0 amide bonds. The van der Waals surface area contributed by atoms with Gasteiger partial charge in [0.2, 0.25) is 0 Å². The second-order valence-electron chi connectivity index (χ2n) is 5.08. The van der Waals surface area contributed by atoms with Crippen molar-refractivity contribution < 1.29 is 33.2 Å². The Hall–Kier alpha value is -0.320. The number of hydrogen-bond acceptors (Lipinski definition) is 8. The molecule has 0 aromatic carbocycles. The van der Waals surface area contributed by atoms with Crippen LogP contribution in [0.5, 0.6) is 0 Å². The SMILES string of the molecule is CCCOCCOCCOCCOCCOCCOCCOCCN. The number of ether oxygens (including phenoxy) is 7. The van der Waals surface area contributed by atoms with Gasteiger partial charge in [-0.3, -0.25) is 0 Å². The summed E-state index contributed by atoms with van der Waals surface area (Å²) in [5, 5.41) is 0. The van der Waals surface area contributed by atoms with Crippen molar-refractivity contribution in [2.75, 3.05) is 99.0 Å². The molecule has 0 rings (SSSR count). The third-order valence-corrected chi connectivity index (χ3v) is 2.84. The van der Waals surface area contributed by atoms with E-state index < -0.39 is 0 Å². The molecule has 2 N–H and O–H groups in total. The highest BCUT2D eigenvalue weighted by atomic mass is 16.6. The van der Waals surface area contributed by atoms with Crippen LogP contribution in [-0.2, 0) is 33.2 Å². The second-order valence-corrected chi connectivity index (χ2v) is 5.08. The van der Waals surface area contributed by atoms with Gasteiger partial charge < -0.3 is 38.9 Å². The Morgan fingerprint density at radius 2 is 0.640 bits per heavy atom. The Bertz CT molecular complexity index is 213. The maximum absolute atomic E-state index is 5.39. The standard InChI is InChI=1S/C17H37NO7/c1-2-4-19-6-8-21-10-12-23-14-16-25-17-15-24-13-11-22-9-7-20-5-3-18/h2-18H2,1H3. The summed E-state index contributed by atoms with van der Waals surface area (Å²) in [4.78, 5) is 0. The van der Waals surface area contributed by atoms with Crippen LogP contribution in [0, 0.1) is 0 Å². The smallest absolute Gasteiger partial charge is 0.0701 e. The van der Waals surface area contributed by atoms with Gasteiger partial charge in [-0.15, -0.1) is 0 Å². The van der Waals surface area contributed by atoms with Crippen molar-refractivity contribution in [3.05, 3.63) is 0 Å². The summed E-state index contributed by atoms with van der Waals surface area (Å²) < 4.78 is 37.3. The van der Waals surface area contributed by atoms with E-state index in [4.69, 9.17) is 38.9 Å². The van der Waals surface area contributed by atoms with Crippen LogP contribution >= 0.6 is 0 Å². The molecule has 0 aromatic heterocycles. The van der Waals surface area contributed by atoms with Gasteiger partial charge in [0.1, 0.15) is 0 Å². The van der Waals surface area contributed by atoms with Crippen molar-refractivity contribution in [1.82, 2.24) is 0 Å². The van der Waals surface area contributed by atoms with Crippen LogP contribution in [0.4, 0.5) is 0 Å². The van der Waals surface area contributed by atoms with Gasteiger partial charge in [-0.25, -0.2) is 0 Å². The zero-order valence-electron chi connectivity index (χ0n) is 15.7. The Morgan fingerprint density at radius 3 is 0.880 bits per heavy atom. The van der Waals surface area contributed by atoms with Gasteiger partial charge in [-0.1, -0.05) is 6.92 Å². The van der Waals surface area contributed by atoms with Crippen molar-refractivity contribution in [3.8, 4) is 0 Å². The molecule has 0 atom stereocenters. The highest BCUT2D eigenvalue weighted by molar-refractivity contribution is 4.37. The number of rotatable bonds is 22. The predicted molar refractivity (Wildman–Crippen MR) is 95.1 cm³/mol. The number of nitrogens with two attached hydrogens (primary N) is 1. The first-order valence-electron chi connectivity index (χ1n) is 9.16. The summed E-state index contributed by atoms with van der Waals surface area (Å²) in [6.45, 7) is 10.8. The van der Waals surface area contributed by atoms with Gasteiger partial charge in [-0.2, -0.15) is 0 Å². The minimum absolute atomic E-state index is 0.538. The minimum Gasteiger partial charge on any atom is -0.379 e. The highest BCUT2D eigenvalue weighted by Crippen LogP contribution is 1.85. The molecule has 0 aliphatic carbocycles. The quantitative estimate of drug-likeness (QED) is 0.276. The van der Waals surface area contributed by atoms with E-state index in [-0.39, 0.29) is 0 Å². The van der Waals surface area contributed by atoms with E-state index in [0.717, 1.165) is 13.0 Å². The van der Waals surface area contributed by atoms with Crippen molar-refractivity contribution >= 4 is 0 Å². The first-order chi connectivity index (χ1) is 12.4. The molecule has 25 heavy (non-hydrogen) atoms. The lowest BCUT2D eigenvalue weighted by Crippen LogP contribution is -2.15. The van der Waals surface area contributed by atoms with Crippen molar-refractivity contribution in [1.29, 1.82) is 0 Å². The van der Waals surface area contributed by atoms with Crippen molar-refractivity contribution in [3.63, 3.8) is 0 Å². The van der Waals surface area contributed by atoms with Crippen molar-refractivity contribution in [2.45, 2.75) is 13.3 Å². The minimum atomic E-state index is 0.538. The first-order valence-corrected chi connectivity index (χ1v) is 9.16. The maximum Gasteiger partial charge on any atom is 0.0701 e. The van der Waals surface area contributed by atoms with Gasteiger partial charge in [0.25, 0.3) is 0 Å². The molecule has 0 fully saturated rings. The summed E-state index contributed by atoms with van der Waals surface area (Å²) in [6, 6.07) is 0. The van der Waals surface area contributed by atoms with Gasteiger partial charge >= 0.3 is 0 Å². The summed E-state index contributed by atoms with van der Waals surface area (Å²) in [5.41, 5.74) is 5.30. The zero-order chi connectivity index (χ0) is 18.3. The Labute approximate surface area is 152 Å². The lowest BCUT2D eigenvalue weighted by Gasteiger charge is -2.08. The van der Waals surface area contributed by atoms with Crippen LogP contribution < -0.4 is 5.73 Å². The molecule has 0 spiro atoms. The monoisotopic (exact) mass is 367 g/mol. The first kappa shape index (κ1) is 24.7. The molecular formula is C17H37NO7. The lowest BCUT2D eigenvalue weighted by molar-refractivity contribution is -0.0202. The second kappa shape index (κ2) is 23.7. The molecule has 0 radical (unpaired) electrons. The van der Waals surface area contributed by atoms with Crippen LogP contribution in [-0.4, -0.2) is 99.0 Å². The van der Waals surface area contributed by atoms with E-state index in [9.17, 15) is 0 Å². The van der Waals surface area contributed by atoms with Crippen LogP contribution in [0.25, 0.3) is 0 Å². The van der Waals surface area contributed by atoms with Gasteiger partial charge in [0, 0.05) is 13.2 Å². The largest absolute Gasteiger partial charge is 0.379 e. The molecule has 0 unspecified atom stereocenters. The van der Waals surface area contributed by atoms with E-state index in [1.807, 2.05) is 0 Å². The molecule has 0 aromatic rings. The molecule has 8 nitrogen and oxygen atoms in total. The third kappa shape index (κ3) is 23.7. The van der Waals surface area contributed by atoms with E-state index in [0.29, 0.717) is 92.4 Å². The number of hydrogen-bond donors (Lipinski definition) is 1. The lowest BCUT2D eigenvalue weighted by atomic mass is 10.5. The van der Waals surface area contributed by atoms with E-state index in [2.05, 4.69) is 6.92 Å². The van der Waals surface area contributed by atoms with Gasteiger partial charge in [0.15, 0.2) is 0 Å². The molecule has 152 valence electrons. The van der Waals surface area contributed by atoms with Crippen LogP contribution in [0.1, 0.15) is 13.3 Å². The van der Waals surface area contributed by atoms with E-state index in [1.165, 1.54) is 0 Å². The summed E-state index contributed by atoms with van der Waals surface area (Å²) in [7, 11) is 0. The highest BCUT2D eigenvalue weighted by Gasteiger charge is 1.94. The Kier molecular flexibility index (Phi) is 23.4. The molecule has 8 heteroatoms. The third-order valence-electron chi connectivity index (χ3n) is 2.84. The maximum atomic E-state index is 5.39. The topological polar surface area (TPSA) is 90.6 Å². The fraction of sp³-hybridized carbons (Fsp3) is 1.00. The molecule has 0 aliphatic rings. The average Bonchev–Trinajstić information content (AvgIpc) is 2.63. The van der Waals surface area contributed by atoms with E-state index >= 15 is 0 Å². The summed E-state index contributed by atoms with van der Waals surface area (Å²) >= 11 is 0. The molecular weight excluding hydrogens is 330 g/mol. The van der Waals surface area contributed by atoms with Gasteiger partial charge in [-0.05, 0) is 6.42 Å². The van der Waals surface area contributed by atoms with Crippen LogP contribution in [0.2, 0.25) is 0 Å². The Balaban J connectivity index is 2.94. The fourth-order valence-corrected chi connectivity index (χ4v) is 1.65. The Morgan fingerprint density at radius 1 is 0.400 bits per heavy atom. The summed E-state index contributed by atoms with van der Waals surface area (Å²) in [6.07, 6.45) is 1.03. The molecule has 0 saturated carbocycles. The molecule has 0 bridgehead atoms. The molecule has 0 heterocycles. The average molecular weight is 367 g/mol.